The summed E-state index contributed by atoms with van der Waals surface area (Å²) in [6.07, 6.45) is 1.88. The topological polar surface area (TPSA) is 59.2 Å². The van der Waals surface area contributed by atoms with Crippen molar-refractivity contribution in [1.29, 1.82) is 0 Å². The lowest BCUT2D eigenvalue weighted by Gasteiger charge is -2.16. The van der Waals surface area contributed by atoms with Gasteiger partial charge in [-0.3, -0.25) is 9.69 Å². The zero-order valence-corrected chi connectivity index (χ0v) is 12.1. The van der Waals surface area contributed by atoms with E-state index in [0.29, 0.717) is 17.9 Å². The van der Waals surface area contributed by atoms with Crippen molar-refractivity contribution in [1.82, 2.24) is 4.98 Å². The molecule has 0 aliphatic rings. The van der Waals surface area contributed by atoms with Gasteiger partial charge < -0.3 is 5.73 Å². The van der Waals surface area contributed by atoms with E-state index in [1.54, 1.807) is 19.2 Å². The first-order valence-corrected chi connectivity index (χ1v) is 6.58. The maximum absolute atomic E-state index is 12.1. The van der Waals surface area contributed by atoms with Crippen molar-refractivity contribution in [3.63, 3.8) is 0 Å². The van der Waals surface area contributed by atoms with Crippen LogP contribution in [0, 0.1) is 0 Å². The van der Waals surface area contributed by atoms with E-state index < -0.39 is 0 Å². The van der Waals surface area contributed by atoms with Crippen LogP contribution in [-0.2, 0) is 11.2 Å². The second-order valence-electron chi connectivity index (χ2n) is 4.21. The Bertz CT molecular complexity index is 583. The number of nitrogens with two attached hydrogens (primary N) is 1. The molecule has 0 aliphatic heterocycles. The van der Waals surface area contributed by atoms with Gasteiger partial charge in [-0.15, -0.1) is 0 Å². The van der Waals surface area contributed by atoms with Crippen LogP contribution in [0.4, 0.5) is 11.5 Å². The van der Waals surface area contributed by atoms with Gasteiger partial charge in [-0.05, 0) is 29.8 Å². The summed E-state index contributed by atoms with van der Waals surface area (Å²) in [4.78, 5) is 17.8. The van der Waals surface area contributed by atoms with E-state index >= 15 is 0 Å². The first-order chi connectivity index (χ1) is 9.06. The molecule has 0 saturated carbocycles. The van der Waals surface area contributed by atoms with Crippen LogP contribution in [0.5, 0.6) is 0 Å². The molecule has 0 bridgehead atoms. The van der Waals surface area contributed by atoms with E-state index in [0.717, 1.165) is 10.0 Å². The Kier molecular flexibility index (Phi) is 4.16. The van der Waals surface area contributed by atoms with E-state index in [4.69, 9.17) is 5.73 Å². The predicted molar refractivity (Wildman–Crippen MR) is 79.9 cm³/mol. The zero-order chi connectivity index (χ0) is 13.8. The maximum atomic E-state index is 12.1. The molecule has 19 heavy (non-hydrogen) atoms. The molecule has 4 nitrogen and oxygen atoms in total. The van der Waals surface area contributed by atoms with Gasteiger partial charge in [0.05, 0.1) is 18.3 Å². The normalized spacial score (nSPS) is 10.2. The fraction of sp³-hybridized carbons (Fsp3) is 0.143. The Morgan fingerprint density at radius 2 is 2.16 bits per heavy atom. The monoisotopic (exact) mass is 319 g/mol. The summed E-state index contributed by atoms with van der Waals surface area (Å²) in [6.45, 7) is 0. The molecule has 0 unspecified atom stereocenters. The predicted octanol–water partition coefficient (Wildman–Crippen LogP) is 2.63. The van der Waals surface area contributed by atoms with Crippen molar-refractivity contribution >= 4 is 33.3 Å². The molecular formula is C14H14BrN3O. The van der Waals surface area contributed by atoms with Crippen LogP contribution in [-0.4, -0.2) is 17.9 Å². The Morgan fingerprint density at radius 1 is 1.37 bits per heavy atom. The van der Waals surface area contributed by atoms with Gasteiger partial charge in [0.25, 0.3) is 0 Å². The Balaban J connectivity index is 2.09. The van der Waals surface area contributed by atoms with Crippen LogP contribution in [0.1, 0.15) is 5.56 Å². The van der Waals surface area contributed by atoms with Crippen LogP contribution in [0.15, 0.2) is 47.1 Å². The standard InChI is InChI=1S/C14H14BrN3O/c1-18(13-6-5-12(16)9-17-13)14(19)8-10-3-2-4-11(15)7-10/h2-7,9H,8,16H2,1H3. The molecule has 0 atom stereocenters. The number of amides is 1. The van der Waals surface area contributed by atoms with E-state index in [9.17, 15) is 4.79 Å². The van der Waals surface area contributed by atoms with Crippen LogP contribution < -0.4 is 10.6 Å². The summed E-state index contributed by atoms with van der Waals surface area (Å²) in [5, 5.41) is 0. The number of rotatable bonds is 3. The van der Waals surface area contributed by atoms with E-state index in [-0.39, 0.29) is 5.91 Å². The van der Waals surface area contributed by atoms with Gasteiger partial charge in [-0.2, -0.15) is 0 Å². The molecule has 1 aromatic heterocycles. The van der Waals surface area contributed by atoms with Crippen molar-refractivity contribution in [3.05, 3.63) is 52.6 Å². The molecule has 1 amide bonds. The number of hydrogen-bond donors (Lipinski definition) is 1. The molecule has 98 valence electrons. The lowest BCUT2D eigenvalue weighted by molar-refractivity contribution is -0.117. The lowest BCUT2D eigenvalue weighted by Crippen LogP contribution is -2.28. The first kappa shape index (κ1) is 13.5. The highest BCUT2D eigenvalue weighted by Gasteiger charge is 2.12. The highest BCUT2D eigenvalue weighted by molar-refractivity contribution is 9.10. The van der Waals surface area contributed by atoms with Crippen LogP contribution in [0.2, 0.25) is 0 Å². The largest absolute Gasteiger partial charge is 0.397 e. The second-order valence-corrected chi connectivity index (χ2v) is 5.12. The van der Waals surface area contributed by atoms with E-state index in [1.165, 1.54) is 11.1 Å². The molecule has 0 spiro atoms. The van der Waals surface area contributed by atoms with E-state index in [2.05, 4.69) is 20.9 Å². The van der Waals surface area contributed by atoms with Crippen LogP contribution in [0.3, 0.4) is 0 Å². The number of nitrogens with zero attached hydrogens (tertiary/aromatic N) is 2. The molecule has 2 aromatic rings. The molecule has 2 N–H and O–H groups in total. The molecular weight excluding hydrogens is 306 g/mol. The third kappa shape index (κ3) is 3.54. The number of likely N-dealkylation sites (N-methyl/N-ethyl adjacent to an activating group) is 1. The molecule has 0 radical (unpaired) electrons. The molecule has 1 heterocycles. The van der Waals surface area contributed by atoms with Gasteiger partial charge in [0.15, 0.2) is 0 Å². The number of carbonyl (C=O) groups excluding carboxylic acids is 1. The van der Waals surface area contributed by atoms with Gasteiger partial charge in [0.2, 0.25) is 5.91 Å². The number of pyridine rings is 1. The van der Waals surface area contributed by atoms with Gasteiger partial charge in [0, 0.05) is 11.5 Å². The molecule has 0 fully saturated rings. The highest BCUT2D eigenvalue weighted by Crippen LogP contribution is 2.15. The minimum Gasteiger partial charge on any atom is -0.397 e. The number of anilines is 2. The highest BCUT2D eigenvalue weighted by atomic mass is 79.9. The number of benzene rings is 1. The third-order valence-corrected chi connectivity index (χ3v) is 3.23. The minimum atomic E-state index is -0.0182. The van der Waals surface area contributed by atoms with E-state index in [1.807, 2.05) is 24.3 Å². The summed E-state index contributed by atoms with van der Waals surface area (Å²) in [6, 6.07) is 11.2. The van der Waals surface area contributed by atoms with Crippen molar-refractivity contribution in [2.45, 2.75) is 6.42 Å². The van der Waals surface area contributed by atoms with Gasteiger partial charge in [-0.1, -0.05) is 28.1 Å². The van der Waals surface area contributed by atoms with Crippen molar-refractivity contribution in [3.8, 4) is 0 Å². The molecule has 0 aliphatic carbocycles. The number of halogens is 1. The number of aromatic nitrogens is 1. The number of carbonyl (C=O) groups is 1. The first-order valence-electron chi connectivity index (χ1n) is 5.79. The summed E-state index contributed by atoms with van der Waals surface area (Å²) in [7, 11) is 1.71. The smallest absolute Gasteiger partial charge is 0.232 e. The second kappa shape index (κ2) is 5.84. The van der Waals surface area contributed by atoms with Crippen molar-refractivity contribution in [2.75, 3.05) is 17.7 Å². The maximum Gasteiger partial charge on any atom is 0.232 e. The van der Waals surface area contributed by atoms with Crippen LogP contribution in [0.25, 0.3) is 0 Å². The summed E-state index contributed by atoms with van der Waals surface area (Å²) < 4.78 is 0.964. The SMILES string of the molecule is CN(C(=O)Cc1cccc(Br)c1)c1ccc(N)cn1. The summed E-state index contributed by atoms with van der Waals surface area (Å²) >= 11 is 3.39. The van der Waals surface area contributed by atoms with Crippen molar-refractivity contribution < 1.29 is 4.79 Å². The van der Waals surface area contributed by atoms with Crippen LogP contribution >= 0.6 is 15.9 Å². The summed E-state index contributed by atoms with van der Waals surface area (Å²) in [5.74, 6) is 0.574. The average molecular weight is 320 g/mol. The summed E-state index contributed by atoms with van der Waals surface area (Å²) in [5.41, 5.74) is 7.11. The van der Waals surface area contributed by atoms with Crippen molar-refractivity contribution in [2.24, 2.45) is 0 Å². The lowest BCUT2D eigenvalue weighted by atomic mass is 10.1. The van der Waals surface area contributed by atoms with Gasteiger partial charge in [0.1, 0.15) is 5.82 Å². The zero-order valence-electron chi connectivity index (χ0n) is 10.5. The molecule has 1 aromatic carbocycles. The fourth-order valence-electron chi connectivity index (χ4n) is 1.66. The average Bonchev–Trinajstić information content (AvgIpc) is 2.39. The molecule has 0 saturated heterocycles. The Labute approximate surface area is 120 Å². The number of nitrogen functional groups attached to an aromatic ring is 1. The molecule has 2 rings (SSSR count). The fourth-order valence-corrected chi connectivity index (χ4v) is 2.11. The third-order valence-electron chi connectivity index (χ3n) is 2.73. The van der Waals surface area contributed by atoms with Gasteiger partial charge >= 0.3 is 0 Å². The Morgan fingerprint density at radius 3 is 2.79 bits per heavy atom. The Hall–Kier alpha value is -1.88. The quantitative estimate of drug-likeness (QED) is 0.946. The minimum absolute atomic E-state index is 0.0182. The number of hydrogen-bond acceptors (Lipinski definition) is 3. The molecule has 5 heteroatoms. The van der Waals surface area contributed by atoms with Gasteiger partial charge in [-0.25, -0.2) is 4.98 Å².